The lowest BCUT2D eigenvalue weighted by Crippen LogP contribution is -2.44. The number of nitrogens with two attached hydrogens (primary N) is 1. The molecule has 184 valence electrons. The summed E-state index contributed by atoms with van der Waals surface area (Å²) < 4.78 is 25.8. The zero-order valence-corrected chi connectivity index (χ0v) is 20.6. The van der Waals surface area contributed by atoms with E-state index in [-0.39, 0.29) is 22.8 Å². The Hall–Kier alpha value is -4.01. The van der Waals surface area contributed by atoms with Gasteiger partial charge in [-0.1, -0.05) is 36.4 Å². The molecule has 0 aliphatic heterocycles. The van der Waals surface area contributed by atoms with Crippen LogP contribution in [0.4, 0.5) is 25.5 Å². The molecule has 0 radical (unpaired) electrons. The molecule has 3 aromatic rings. The van der Waals surface area contributed by atoms with Crippen LogP contribution in [-0.2, 0) is 9.47 Å². The maximum atomic E-state index is 15.2. The van der Waals surface area contributed by atoms with Crippen LogP contribution < -0.4 is 10.6 Å². The molecule has 1 heterocycles. The average Bonchev–Trinajstić information content (AvgIpc) is 2.74. The van der Waals surface area contributed by atoms with Gasteiger partial charge in [-0.05, 0) is 53.2 Å². The summed E-state index contributed by atoms with van der Waals surface area (Å²) in [5, 5.41) is 0. The lowest BCUT2D eigenvalue weighted by Gasteiger charge is -2.27. The second-order valence-corrected chi connectivity index (χ2v) is 9.81. The normalized spacial score (nSPS) is 11.6. The first-order valence-corrected chi connectivity index (χ1v) is 11.0. The van der Waals surface area contributed by atoms with E-state index in [1.54, 1.807) is 53.7 Å². The zero-order valence-electron chi connectivity index (χ0n) is 20.6. The number of carbonyl (C=O) groups excluding carboxylic acids is 2. The number of hydrogen-bond donors (Lipinski definition) is 1. The molecule has 0 fully saturated rings. The lowest BCUT2D eigenvalue weighted by atomic mass is 10.00. The summed E-state index contributed by atoms with van der Waals surface area (Å²) in [4.78, 5) is 34.6. The van der Waals surface area contributed by atoms with E-state index in [4.69, 9.17) is 15.2 Å². The summed E-state index contributed by atoms with van der Waals surface area (Å²) in [6.07, 6.45) is 0.467. The van der Waals surface area contributed by atoms with Crippen molar-refractivity contribution >= 4 is 23.7 Å². The fraction of sp³-hybridized carbons (Fsp3) is 0.308. The van der Waals surface area contributed by atoms with Crippen LogP contribution in [0.25, 0.3) is 22.4 Å². The fourth-order valence-electron chi connectivity index (χ4n) is 3.11. The van der Waals surface area contributed by atoms with Crippen molar-refractivity contribution in [3.8, 4) is 22.4 Å². The minimum atomic E-state index is -0.976. The minimum absolute atomic E-state index is 0.0243. The van der Waals surface area contributed by atoms with Crippen molar-refractivity contribution < 1.29 is 23.5 Å². The molecule has 0 atom stereocenters. The zero-order chi connectivity index (χ0) is 26.0. The van der Waals surface area contributed by atoms with Crippen molar-refractivity contribution in [2.45, 2.75) is 52.7 Å². The molecule has 9 heteroatoms. The molecule has 2 N–H and O–H groups in total. The van der Waals surface area contributed by atoms with Crippen LogP contribution in [0, 0.1) is 5.82 Å². The van der Waals surface area contributed by atoms with Gasteiger partial charge < -0.3 is 15.2 Å². The highest BCUT2D eigenvalue weighted by Gasteiger charge is 2.34. The van der Waals surface area contributed by atoms with Gasteiger partial charge in [-0.25, -0.2) is 19.0 Å². The molecule has 0 bridgehead atoms. The average molecular weight is 481 g/mol. The first kappa shape index (κ1) is 25.6. The van der Waals surface area contributed by atoms with Gasteiger partial charge in [-0.15, -0.1) is 0 Å². The van der Waals surface area contributed by atoms with Crippen LogP contribution >= 0.6 is 0 Å². The predicted octanol–water partition coefficient (Wildman–Crippen LogP) is 6.21. The summed E-state index contributed by atoms with van der Waals surface area (Å²) in [6.45, 7) is 10.00. The summed E-state index contributed by atoms with van der Waals surface area (Å²) in [6, 6.07) is 12.5. The number of amides is 2. The maximum absolute atomic E-state index is 15.2. The summed E-state index contributed by atoms with van der Waals surface area (Å²) >= 11 is 0. The Morgan fingerprint density at radius 2 is 1.37 bits per heavy atom. The molecule has 0 saturated carbocycles. The molecule has 2 amide bonds. The number of carbonyl (C=O) groups is 2. The highest BCUT2D eigenvalue weighted by Crippen LogP contribution is 2.33. The third-order valence-electron chi connectivity index (χ3n) is 4.56. The van der Waals surface area contributed by atoms with Gasteiger partial charge in [0.2, 0.25) is 0 Å². The Balaban J connectivity index is 1.96. The van der Waals surface area contributed by atoms with Crippen molar-refractivity contribution in [1.29, 1.82) is 0 Å². The Bertz CT molecular complexity index is 1190. The number of anilines is 2. The molecule has 0 aliphatic carbocycles. The quantitative estimate of drug-likeness (QED) is 0.444. The fourth-order valence-corrected chi connectivity index (χ4v) is 3.11. The second kappa shape index (κ2) is 9.69. The van der Waals surface area contributed by atoms with E-state index in [0.29, 0.717) is 10.5 Å². The number of nitrogens with zero attached hydrogens (tertiary/aromatic N) is 3. The Kier molecular flexibility index (Phi) is 7.09. The van der Waals surface area contributed by atoms with Crippen molar-refractivity contribution in [1.82, 2.24) is 9.97 Å². The van der Waals surface area contributed by atoms with Crippen LogP contribution in [-0.4, -0.2) is 33.4 Å². The van der Waals surface area contributed by atoms with E-state index < -0.39 is 29.2 Å². The third-order valence-corrected chi connectivity index (χ3v) is 4.56. The highest BCUT2D eigenvalue weighted by atomic mass is 19.1. The number of benzene rings is 2. The summed E-state index contributed by atoms with van der Waals surface area (Å²) in [5.41, 5.74) is 5.94. The van der Waals surface area contributed by atoms with E-state index in [9.17, 15) is 9.59 Å². The first-order chi connectivity index (χ1) is 16.3. The van der Waals surface area contributed by atoms with E-state index in [1.165, 1.54) is 12.4 Å². The third kappa shape index (κ3) is 6.32. The van der Waals surface area contributed by atoms with Gasteiger partial charge in [-0.2, -0.15) is 4.90 Å². The predicted molar refractivity (Wildman–Crippen MR) is 132 cm³/mol. The van der Waals surface area contributed by atoms with E-state index in [1.807, 2.05) is 30.3 Å². The minimum Gasteiger partial charge on any atom is -0.443 e. The second-order valence-electron chi connectivity index (χ2n) is 9.81. The number of nitrogen functional groups attached to an aromatic ring is 1. The molecule has 1 aromatic heterocycles. The van der Waals surface area contributed by atoms with Crippen molar-refractivity contribution in [2.75, 3.05) is 10.6 Å². The summed E-state index contributed by atoms with van der Waals surface area (Å²) in [7, 11) is 0. The Morgan fingerprint density at radius 1 is 0.829 bits per heavy atom. The molecular weight excluding hydrogens is 451 g/mol. The van der Waals surface area contributed by atoms with Crippen molar-refractivity contribution in [2.24, 2.45) is 0 Å². The molecule has 2 aromatic carbocycles. The molecule has 3 rings (SSSR count). The number of halogens is 1. The van der Waals surface area contributed by atoms with Crippen LogP contribution in [0.5, 0.6) is 0 Å². The molecule has 0 aliphatic rings. The van der Waals surface area contributed by atoms with Gasteiger partial charge >= 0.3 is 12.2 Å². The number of ether oxygens (including phenoxy) is 2. The van der Waals surface area contributed by atoms with Crippen LogP contribution in [0.2, 0.25) is 0 Å². The van der Waals surface area contributed by atoms with Gasteiger partial charge in [0.05, 0.1) is 23.8 Å². The Labute approximate surface area is 203 Å². The number of hydrogen-bond acceptors (Lipinski definition) is 7. The summed E-state index contributed by atoms with van der Waals surface area (Å²) in [5.74, 6) is -0.781. The lowest BCUT2D eigenvalue weighted by molar-refractivity contribution is 0.0429. The van der Waals surface area contributed by atoms with Gasteiger partial charge in [0.25, 0.3) is 0 Å². The van der Waals surface area contributed by atoms with Crippen LogP contribution in [0.3, 0.4) is 0 Å². The van der Waals surface area contributed by atoms with Crippen LogP contribution in [0.1, 0.15) is 41.5 Å². The van der Waals surface area contributed by atoms with Gasteiger partial charge in [0, 0.05) is 11.1 Å². The SMILES string of the molecule is CC(C)(C)OC(=O)N(C(=O)OC(C)(C)C)c1cnc(-c2ccc(-c3ccccc3)c(N)c2F)cn1. The van der Waals surface area contributed by atoms with E-state index in [2.05, 4.69) is 9.97 Å². The van der Waals surface area contributed by atoms with E-state index in [0.717, 1.165) is 5.56 Å². The number of rotatable bonds is 3. The molecule has 0 spiro atoms. The van der Waals surface area contributed by atoms with Crippen molar-refractivity contribution in [3.63, 3.8) is 0 Å². The standard InChI is InChI=1S/C26H29FN4O4/c1-25(2,3)34-23(32)31(24(33)35-26(4,5)6)20-15-29-19(14-30-20)18-13-12-17(22(28)21(18)27)16-10-8-7-9-11-16/h7-15H,28H2,1-6H3. The molecule has 0 unspecified atom stereocenters. The molecule has 8 nitrogen and oxygen atoms in total. The van der Waals surface area contributed by atoms with Crippen molar-refractivity contribution in [3.05, 3.63) is 60.7 Å². The highest BCUT2D eigenvalue weighted by molar-refractivity contribution is 6.08. The van der Waals surface area contributed by atoms with Gasteiger partial charge in [0.15, 0.2) is 11.6 Å². The maximum Gasteiger partial charge on any atom is 0.425 e. The number of imide groups is 1. The topological polar surface area (TPSA) is 108 Å². The van der Waals surface area contributed by atoms with Crippen LogP contribution in [0.15, 0.2) is 54.9 Å². The molecule has 0 saturated heterocycles. The molecular formula is C26H29FN4O4. The number of aromatic nitrogens is 2. The largest absolute Gasteiger partial charge is 0.443 e. The first-order valence-electron chi connectivity index (χ1n) is 11.0. The molecule has 35 heavy (non-hydrogen) atoms. The van der Waals surface area contributed by atoms with Gasteiger partial charge in [-0.3, -0.25) is 4.98 Å². The smallest absolute Gasteiger partial charge is 0.425 e. The van der Waals surface area contributed by atoms with Gasteiger partial charge in [0.1, 0.15) is 11.2 Å². The monoisotopic (exact) mass is 480 g/mol. The Morgan fingerprint density at radius 3 is 1.86 bits per heavy atom. The van der Waals surface area contributed by atoms with E-state index >= 15 is 4.39 Å².